The maximum Gasteiger partial charge on any atom is 0.257 e. The highest BCUT2D eigenvalue weighted by molar-refractivity contribution is 5.61. The fourth-order valence-electron chi connectivity index (χ4n) is 0.934. The van der Waals surface area contributed by atoms with Crippen molar-refractivity contribution in [3.63, 3.8) is 0 Å². The van der Waals surface area contributed by atoms with Crippen molar-refractivity contribution in [2.75, 3.05) is 0 Å². The Morgan fingerprint density at radius 1 is 1.46 bits per heavy atom. The third-order valence-electron chi connectivity index (χ3n) is 1.63. The molecule has 4 heteroatoms. The van der Waals surface area contributed by atoms with Crippen LogP contribution < -0.4 is 5.73 Å². The molecule has 1 aromatic rings. The van der Waals surface area contributed by atoms with Gasteiger partial charge in [0.2, 0.25) is 0 Å². The van der Waals surface area contributed by atoms with Gasteiger partial charge in [-0.2, -0.15) is 0 Å². The van der Waals surface area contributed by atoms with Gasteiger partial charge in [0.25, 0.3) is 6.20 Å². The van der Waals surface area contributed by atoms with Gasteiger partial charge in [0.15, 0.2) is 0 Å². The van der Waals surface area contributed by atoms with E-state index in [0.29, 0.717) is 5.56 Å². The lowest BCUT2D eigenvalue weighted by Gasteiger charge is -1.98. The Bertz CT molecular complexity index is 341. The highest BCUT2D eigenvalue weighted by Crippen LogP contribution is 2.09. The lowest BCUT2D eigenvalue weighted by atomic mass is 10.1. The van der Waals surface area contributed by atoms with Crippen molar-refractivity contribution in [2.45, 2.75) is 6.92 Å². The summed E-state index contributed by atoms with van der Waals surface area (Å²) in [6.45, 7) is 1.94. The molecule has 0 heterocycles. The van der Waals surface area contributed by atoms with E-state index in [9.17, 15) is 10.1 Å². The maximum absolute atomic E-state index is 10.1. The van der Waals surface area contributed by atoms with Gasteiger partial charge >= 0.3 is 0 Å². The van der Waals surface area contributed by atoms with Crippen molar-refractivity contribution >= 4 is 5.70 Å². The first-order valence-corrected chi connectivity index (χ1v) is 3.77. The summed E-state index contributed by atoms with van der Waals surface area (Å²) < 4.78 is 0. The van der Waals surface area contributed by atoms with E-state index in [2.05, 4.69) is 0 Å². The fourth-order valence-corrected chi connectivity index (χ4v) is 0.934. The molecule has 0 unspecified atom stereocenters. The largest absolute Gasteiger partial charge is 0.393 e. The van der Waals surface area contributed by atoms with Gasteiger partial charge in [-0.3, -0.25) is 10.1 Å². The Kier molecular flexibility index (Phi) is 2.64. The predicted octanol–water partition coefficient (Wildman–Crippen LogP) is 1.53. The molecule has 0 aromatic heterocycles. The quantitative estimate of drug-likeness (QED) is 0.551. The minimum Gasteiger partial charge on any atom is -0.393 e. The molecule has 0 spiro atoms. The minimum atomic E-state index is -0.560. The van der Waals surface area contributed by atoms with Crippen molar-refractivity contribution in [3.05, 3.63) is 51.7 Å². The summed E-state index contributed by atoms with van der Waals surface area (Å²) in [6.07, 6.45) is 0.796. The summed E-state index contributed by atoms with van der Waals surface area (Å²) in [6, 6.07) is 7.22. The smallest absolute Gasteiger partial charge is 0.257 e. The van der Waals surface area contributed by atoms with Gasteiger partial charge in [0.05, 0.1) is 4.92 Å². The Morgan fingerprint density at radius 2 is 2.00 bits per heavy atom. The zero-order chi connectivity index (χ0) is 9.84. The summed E-state index contributed by atoms with van der Waals surface area (Å²) in [5.41, 5.74) is 7.40. The second-order valence-electron chi connectivity index (χ2n) is 2.74. The number of aryl methyl sites for hydroxylation is 1. The molecule has 1 rings (SSSR count). The first kappa shape index (κ1) is 9.25. The van der Waals surface area contributed by atoms with E-state index in [1.54, 1.807) is 12.1 Å². The summed E-state index contributed by atoms with van der Waals surface area (Å²) in [5, 5.41) is 10.1. The molecule has 0 aliphatic carbocycles. The molecule has 0 radical (unpaired) electrons. The van der Waals surface area contributed by atoms with E-state index in [1.165, 1.54) is 0 Å². The van der Waals surface area contributed by atoms with E-state index in [4.69, 9.17) is 5.73 Å². The molecule has 0 fully saturated rings. The molecule has 68 valence electrons. The Morgan fingerprint density at radius 3 is 2.46 bits per heavy atom. The molecule has 0 atom stereocenters. The SMILES string of the molecule is Cc1ccc(/C(N)=C/[N+](=O)[O-])cc1. The monoisotopic (exact) mass is 178 g/mol. The van der Waals surface area contributed by atoms with E-state index in [1.807, 2.05) is 19.1 Å². The summed E-state index contributed by atoms with van der Waals surface area (Å²) in [7, 11) is 0. The number of nitro groups is 1. The van der Waals surface area contributed by atoms with Crippen molar-refractivity contribution in [1.29, 1.82) is 0 Å². The van der Waals surface area contributed by atoms with E-state index in [0.717, 1.165) is 11.8 Å². The molecule has 0 amide bonds. The van der Waals surface area contributed by atoms with Crippen LogP contribution in [-0.4, -0.2) is 4.92 Å². The van der Waals surface area contributed by atoms with Crippen LogP contribution >= 0.6 is 0 Å². The maximum atomic E-state index is 10.1. The molecule has 2 N–H and O–H groups in total. The zero-order valence-corrected chi connectivity index (χ0v) is 7.23. The van der Waals surface area contributed by atoms with Gasteiger partial charge in [-0.1, -0.05) is 29.8 Å². The van der Waals surface area contributed by atoms with Crippen molar-refractivity contribution < 1.29 is 4.92 Å². The molecule has 13 heavy (non-hydrogen) atoms. The standard InChI is InChI=1S/C9H10N2O2/c1-7-2-4-8(5-3-7)9(10)6-11(12)13/h2-6H,10H2,1H3/b9-6-. The average Bonchev–Trinajstić information content (AvgIpc) is 2.04. The number of benzene rings is 1. The van der Waals surface area contributed by atoms with Gasteiger partial charge < -0.3 is 5.73 Å². The first-order valence-electron chi connectivity index (χ1n) is 3.77. The van der Waals surface area contributed by atoms with Gasteiger partial charge in [-0.05, 0) is 6.92 Å². The van der Waals surface area contributed by atoms with Crippen molar-refractivity contribution in [3.8, 4) is 0 Å². The molecule has 0 bridgehead atoms. The molecule has 0 aliphatic heterocycles. The van der Waals surface area contributed by atoms with Gasteiger partial charge in [-0.15, -0.1) is 0 Å². The summed E-state index contributed by atoms with van der Waals surface area (Å²) >= 11 is 0. The van der Waals surface area contributed by atoms with Crippen LogP contribution in [-0.2, 0) is 0 Å². The third kappa shape index (κ3) is 2.59. The van der Waals surface area contributed by atoms with E-state index < -0.39 is 4.92 Å². The first-order chi connectivity index (χ1) is 6.09. The Hall–Kier alpha value is -1.84. The van der Waals surface area contributed by atoms with Crippen molar-refractivity contribution in [2.24, 2.45) is 5.73 Å². The highest BCUT2D eigenvalue weighted by atomic mass is 16.6. The van der Waals surface area contributed by atoms with Crippen LogP contribution in [0.5, 0.6) is 0 Å². The zero-order valence-electron chi connectivity index (χ0n) is 7.23. The fraction of sp³-hybridized carbons (Fsp3) is 0.111. The second-order valence-corrected chi connectivity index (χ2v) is 2.74. The Labute approximate surface area is 75.8 Å². The Balaban J connectivity index is 2.96. The summed E-state index contributed by atoms with van der Waals surface area (Å²) in [5.74, 6) is 0. The summed E-state index contributed by atoms with van der Waals surface area (Å²) in [4.78, 5) is 9.54. The number of nitrogens with zero attached hydrogens (tertiary/aromatic N) is 1. The minimum absolute atomic E-state index is 0.171. The predicted molar refractivity (Wildman–Crippen MR) is 50.3 cm³/mol. The van der Waals surface area contributed by atoms with Crippen LogP contribution in [0.4, 0.5) is 0 Å². The van der Waals surface area contributed by atoms with Crippen LogP contribution in [0.2, 0.25) is 0 Å². The molecule has 0 saturated carbocycles. The number of rotatable bonds is 2. The van der Waals surface area contributed by atoms with Gasteiger partial charge in [-0.25, -0.2) is 0 Å². The van der Waals surface area contributed by atoms with Crippen molar-refractivity contribution in [1.82, 2.24) is 0 Å². The lowest BCUT2D eigenvalue weighted by molar-refractivity contribution is -0.401. The van der Waals surface area contributed by atoms with Crippen LogP contribution in [0.15, 0.2) is 30.5 Å². The van der Waals surface area contributed by atoms with Gasteiger partial charge in [0, 0.05) is 5.56 Å². The van der Waals surface area contributed by atoms with Crippen LogP contribution in [0, 0.1) is 17.0 Å². The topological polar surface area (TPSA) is 69.2 Å². The van der Waals surface area contributed by atoms with Crippen LogP contribution in [0.3, 0.4) is 0 Å². The molecule has 0 aliphatic rings. The van der Waals surface area contributed by atoms with E-state index in [-0.39, 0.29) is 5.70 Å². The normalized spacial score (nSPS) is 11.3. The average molecular weight is 178 g/mol. The molecular weight excluding hydrogens is 168 g/mol. The number of hydrogen-bond donors (Lipinski definition) is 1. The highest BCUT2D eigenvalue weighted by Gasteiger charge is 1.99. The molecular formula is C9H10N2O2. The van der Waals surface area contributed by atoms with Crippen LogP contribution in [0.25, 0.3) is 5.70 Å². The molecule has 0 saturated heterocycles. The van der Waals surface area contributed by atoms with E-state index >= 15 is 0 Å². The van der Waals surface area contributed by atoms with Gasteiger partial charge in [0.1, 0.15) is 5.70 Å². The molecule has 4 nitrogen and oxygen atoms in total. The third-order valence-corrected chi connectivity index (χ3v) is 1.63. The molecule has 1 aromatic carbocycles. The lowest BCUT2D eigenvalue weighted by Crippen LogP contribution is -1.99. The number of nitrogens with two attached hydrogens (primary N) is 1. The number of hydrogen-bond acceptors (Lipinski definition) is 3. The van der Waals surface area contributed by atoms with Crippen LogP contribution in [0.1, 0.15) is 11.1 Å². The second kappa shape index (κ2) is 3.71.